The summed E-state index contributed by atoms with van der Waals surface area (Å²) in [7, 11) is 0. The van der Waals surface area contributed by atoms with Gasteiger partial charge in [0.05, 0.1) is 11.1 Å². The fourth-order valence-corrected chi connectivity index (χ4v) is 3.87. The van der Waals surface area contributed by atoms with E-state index in [1.165, 1.54) is 121 Å². The number of carboxylic acids is 2. The molecular weight excluding hydrogens is 416 g/mol. The molecule has 0 aliphatic heterocycles. The van der Waals surface area contributed by atoms with Gasteiger partial charge in [0.1, 0.15) is 6.29 Å². The van der Waals surface area contributed by atoms with Gasteiger partial charge in [0.15, 0.2) is 0 Å². The van der Waals surface area contributed by atoms with Crippen molar-refractivity contribution in [3.8, 4) is 0 Å². The maximum Gasteiger partial charge on any atom is 0.335 e. The topological polar surface area (TPSA) is 91.7 Å². The van der Waals surface area contributed by atoms with Crippen LogP contribution in [0, 0.1) is 6.92 Å². The summed E-state index contributed by atoms with van der Waals surface area (Å²) in [6.45, 7) is 3.76. The summed E-state index contributed by atoms with van der Waals surface area (Å²) >= 11 is 0. The molecule has 0 aliphatic rings. The quantitative estimate of drug-likeness (QED) is 0.159. The lowest BCUT2D eigenvalue weighted by Gasteiger charge is -2.03. The van der Waals surface area contributed by atoms with Crippen molar-refractivity contribution in [1.82, 2.24) is 0 Å². The average Bonchev–Trinajstić information content (AvgIpc) is 2.79. The number of aldehydes is 1. The molecule has 5 nitrogen and oxygen atoms in total. The molecule has 0 saturated carbocycles. The second-order valence-corrected chi connectivity index (χ2v) is 8.85. The van der Waals surface area contributed by atoms with Crippen LogP contribution in [0.1, 0.15) is 142 Å². The first-order valence-corrected chi connectivity index (χ1v) is 13.0. The molecular formula is C28H46O5. The molecule has 1 aromatic rings. The van der Waals surface area contributed by atoms with E-state index in [9.17, 15) is 14.4 Å². The number of hydrogen-bond acceptors (Lipinski definition) is 3. The van der Waals surface area contributed by atoms with Crippen molar-refractivity contribution < 1.29 is 24.6 Å². The van der Waals surface area contributed by atoms with Crippen LogP contribution in [0.15, 0.2) is 18.2 Å². The summed E-state index contributed by atoms with van der Waals surface area (Å²) < 4.78 is 0. The Bertz CT molecular complexity index is 621. The Morgan fingerprint density at radius 3 is 1.30 bits per heavy atom. The first-order chi connectivity index (χ1) is 16.0. The second-order valence-electron chi connectivity index (χ2n) is 8.85. The van der Waals surface area contributed by atoms with E-state index >= 15 is 0 Å². The van der Waals surface area contributed by atoms with E-state index in [1.807, 2.05) is 0 Å². The minimum atomic E-state index is -1.11. The van der Waals surface area contributed by atoms with Gasteiger partial charge < -0.3 is 15.0 Å². The number of carboxylic acid groups (broad SMARTS) is 2. The van der Waals surface area contributed by atoms with Gasteiger partial charge in [0.2, 0.25) is 0 Å². The Kier molecular flexibility index (Phi) is 20.2. The third kappa shape index (κ3) is 17.0. The third-order valence-electron chi connectivity index (χ3n) is 5.97. The van der Waals surface area contributed by atoms with Crippen LogP contribution < -0.4 is 0 Å². The smallest absolute Gasteiger partial charge is 0.335 e. The molecule has 0 heterocycles. The molecule has 0 aromatic heterocycles. The lowest BCUT2D eigenvalue weighted by atomic mass is 10.0. The van der Waals surface area contributed by atoms with E-state index in [4.69, 9.17) is 10.2 Å². The van der Waals surface area contributed by atoms with Gasteiger partial charge in [-0.1, -0.05) is 109 Å². The van der Waals surface area contributed by atoms with Crippen molar-refractivity contribution in [1.29, 1.82) is 0 Å². The Balaban J connectivity index is 0.000000676. The minimum absolute atomic E-state index is 0.0277. The molecule has 0 atom stereocenters. The summed E-state index contributed by atoms with van der Waals surface area (Å²) in [5.41, 5.74) is 0.335. The van der Waals surface area contributed by atoms with Gasteiger partial charge in [0, 0.05) is 6.42 Å². The maximum absolute atomic E-state index is 10.6. The largest absolute Gasteiger partial charge is 0.478 e. The maximum atomic E-state index is 10.6. The van der Waals surface area contributed by atoms with Crippen molar-refractivity contribution >= 4 is 18.2 Å². The molecule has 0 unspecified atom stereocenters. The Hall–Kier alpha value is -2.17. The van der Waals surface area contributed by atoms with Gasteiger partial charge in [-0.05, 0) is 31.0 Å². The summed E-state index contributed by atoms with van der Waals surface area (Å²) in [5.74, 6) is -2.22. The molecule has 0 radical (unpaired) electrons. The van der Waals surface area contributed by atoms with Crippen LogP contribution in [-0.2, 0) is 4.79 Å². The molecule has 1 aromatic carbocycles. The number of rotatable bonds is 19. The van der Waals surface area contributed by atoms with Crippen molar-refractivity contribution in [3.63, 3.8) is 0 Å². The van der Waals surface area contributed by atoms with Crippen molar-refractivity contribution in [2.75, 3.05) is 0 Å². The highest BCUT2D eigenvalue weighted by atomic mass is 16.4. The van der Waals surface area contributed by atoms with Crippen LogP contribution in [0.25, 0.3) is 0 Å². The zero-order valence-electron chi connectivity index (χ0n) is 20.9. The number of aromatic carboxylic acids is 2. The highest BCUT2D eigenvalue weighted by molar-refractivity contribution is 5.96. The average molecular weight is 463 g/mol. The first-order valence-electron chi connectivity index (χ1n) is 13.0. The molecule has 1 rings (SSSR count). The molecule has 0 spiro atoms. The normalized spacial score (nSPS) is 10.4. The van der Waals surface area contributed by atoms with Crippen LogP contribution in [0.2, 0.25) is 0 Å². The summed E-state index contributed by atoms with van der Waals surface area (Å²) in [6.07, 6.45) is 24.1. The van der Waals surface area contributed by atoms with E-state index in [-0.39, 0.29) is 16.7 Å². The highest BCUT2D eigenvalue weighted by Crippen LogP contribution is 2.14. The van der Waals surface area contributed by atoms with Crippen LogP contribution in [0.4, 0.5) is 0 Å². The molecule has 0 bridgehead atoms. The molecule has 0 saturated heterocycles. The van der Waals surface area contributed by atoms with Crippen molar-refractivity contribution in [2.45, 2.75) is 123 Å². The van der Waals surface area contributed by atoms with Crippen molar-refractivity contribution in [2.24, 2.45) is 0 Å². The molecule has 0 amide bonds. The third-order valence-corrected chi connectivity index (χ3v) is 5.97. The standard InChI is InChI=1S/C19H38O.C9H8O4/c1-2-3-4-5-6-7-8-9-10-11-12-13-14-15-16-17-18-19-20;1-5-6(8(10)11)3-2-4-7(5)9(12)13/h19H,2-18H2,1H3;2-4H,1H3,(H,10,11)(H,12,13). The monoisotopic (exact) mass is 462 g/mol. The SMILES string of the molecule is CCCCCCCCCCCCCCCCCCC=O.Cc1c(C(=O)O)cccc1C(=O)O. The van der Waals surface area contributed by atoms with Crippen LogP contribution >= 0.6 is 0 Å². The van der Waals surface area contributed by atoms with Crippen molar-refractivity contribution in [3.05, 3.63) is 34.9 Å². The lowest BCUT2D eigenvalue weighted by molar-refractivity contribution is -0.107. The molecule has 188 valence electrons. The highest BCUT2D eigenvalue weighted by Gasteiger charge is 2.13. The number of carbonyl (C=O) groups is 3. The van der Waals surface area contributed by atoms with E-state index < -0.39 is 11.9 Å². The number of unbranched alkanes of at least 4 members (excludes halogenated alkanes) is 16. The molecule has 2 N–H and O–H groups in total. The Labute approximate surface area is 201 Å². The van der Waals surface area contributed by atoms with E-state index in [0.717, 1.165) is 19.1 Å². The number of hydrogen-bond donors (Lipinski definition) is 2. The number of benzene rings is 1. The van der Waals surface area contributed by atoms with Gasteiger partial charge in [0.25, 0.3) is 0 Å². The fraction of sp³-hybridized carbons (Fsp3) is 0.679. The van der Waals surface area contributed by atoms with Crippen LogP contribution in [0.3, 0.4) is 0 Å². The van der Waals surface area contributed by atoms with Crippen LogP contribution in [0.5, 0.6) is 0 Å². The molecule has 33 heavy (non-hydrogen) atoms. The zero-order valence-corrected chi connectivity index (χ0v) is 20.9. The summed E-state index contributed by atoms with van der Waals surface area (Å²) in [6, 6.07) is 4.17. The zero-order chi connectivity index (χ0) is 24.7. The van der Waals surface area contributed by atoms with E-state index in [2.05, 4.69) is 6.92 Å². The van der Waals surface area contributed by atoms with Crippen LogP contribution in [-0.4, -0.2) is 28.4 Å². The van der Waals surface area contributed by atoms with E-state index in [0.29, 0.717) is 0 Å². The molecule has 0 aliphatic carbocycles. The van der Waals surface area contributed by atoms with Gasteiger partial charge in [-0.2, -0.15) is 0 Å². The van der Waals surface area contributed by atoms with Gasteiger partial charge in [-0.25, -0.2) is 9.59 Å². The van der Waals surface area contributed by atoms with Gasteiger partial charge in [-0.3, -0.25) is 0 Å². The predicted molar refractivity (Wildman–Crippen MR) is 135 cm³/mol. The van der Waals surface area contributed by atoms with Gasteiger partial charge in [-0.15, -0.1) is 0 Å². The Morgan fingerprint density at radius 2 is 1.00 bits per heavy atom. The van der Waals surface area contributed by atoms with E-state index in [1.54, 1.807) is 0 Å². The minimum Gasteiger partial charge on any atom is -0.478 e. The fourth-order valence-electron chi connectivity index (χ4n) is 3.87. The molecule has 5 heteroatoms. The predicted octanol–water partition coefficient (Wildman–Crippen LogP) is 8.23. The number of carbonyl (C=O) groups excluding carboxylic acids is 1. The van der Waals surface area contributed by atoms with Gasteiger partial charge >= 0.3 is 11.9 Å². The summed E-state index contributed by atoms with van der Waals surface area (Å²) in [4.78, 5) is 31.4. The second kappa shape index (κ2) is 21.7. The lowest BCUT2D eigenvalue weighted by Crippen LogP contribution is -2.06. The first kappa shape index (κ1) is 30.8. The molecule has 0 fully saturated rings. The summed E-state index contributed by atoms with van der Waals surface area (Å²) in [5, 5.41) is 17.4. The Morgan fingerprint density at radius 1 is 0.667 bits per heavy atom.